The highest BCUT2D eigenvalue weighted by atomic mass is 32.1. The molecule has 0 radical (unpaired) electrons. The van der Waals surface area contributed by atoms with Crippen molar-refractivity contribution in [1.29, 1.82) is 0 Å². The Morgan fingerprint density at radius 2 is 2.13 bits per heavy atom. The summed E-state index contributed by atoms with van der Waals surface area (Å²) in [7, 11) is 3.31. The molecule has 3 nitrogen and oxygen atoms in total. The molecule has 1 unspecified atom stereocenters. The van der Waals surface area contributed by atoms with Crippen LogP contribution in [0.2, 0.25) is 0 Å². The van der Waals surface area contributed by atoms with Crippen molar-refractivity contribution in [2.75, 3.05) is 20.8 Å². The monoisotopic (exact) mass is 229 g/mol. The molecule has 0 aliphatic carbocycles. The van der Waals surface area contributed by atoms with Crippen molar-refractivity contribution >= 4 is 11.3 Å². The van der Waals surface area contributed by atoms with Crippen LogP contribution in [-0.4, -0.2) is 33.1 Å². The first-order chi connectivity index (χ1) is 7.26. The Morgan fingerprint density at radius 3 is 2.67 bits per heavy atom. The molecule has 15 heavy (non-hydrogen) atoms. The zero-order valence-electron chi connectivity index (χ0n) is 9.53. The molecule has 86 valence electrons. The molecule has 1 rings (SSSR count). The molecule has 0 saturated carbocycles. The van der Waals surface area contributed by atoms with Crippen LogP contribution in [0, 0.1) is 0 Å². The summed E-state index contributed by atoms with van der Waals surface area (Å²) in [6.07, 6.45) is 0.897. The second-order valence-electron chi connectivity index (χ2n) is 3.49. The van der Waals surface area contributed by atoms with Gasteiger partial charge in [0.2, 0.25) is 0 Å². The molecular weight excluding hydrogens is 210 g/mol. The van der Waals surface area contributed by atoms with Gasteiger partial charge in [0, 0.05) is 31.7 Å². The normalized spacial score (nSPS) is 13.3. The molecule has 0 aliphatic heterocycles. The van der Waals surface area contributed by atoms with Crippen LogP contribution in [0.3, 0.4) is 0 Å². The van der Waals surface area contributed by atoms with E-state index in [1.165, 1.54) is 4.88 Å². The van der Waals surface area contributed by atoms with Crippen molar-refractivity contribution in [1.82, 2.24) is 5.32 Å². The second-order valence-corrected chi connectivity index (χ2v) is 4.53. The predicted molar refractivity (Wildman–Crippen MR) is 63.3 cm³/mol. The summed E-state index contributed by atoms with van der Waals surface area (Å²) in [5.74, 6) is 0. The van der Waals surface area contributed by atoms with E-state index in [-0.39, 0.29) is 6.29 Å². The Balaban J connectivity index is 2.21. The van der Waals surface area contributed by atoms with Gasteiger partial charge in [-0.1, -0.05) is 6.07 Å². The summed E-state index contributed by atoms with van der Waals surface area (Å²) in [6.45, 7) is 2.89. The molecule has 1 atom stereocenters. The van der Waals surface area contributed by atoms with Gasteiger partial charge in [0.25, 0.3) is 0 Å². The van der Waals surface area contributed by atoms with E-state index in [1.54, 1.807) is 25.6 Å². The van der Waals surface area contributed by atoms with Crippen molar-refractivity contribution in [3.05, 3.63) is 22.4 Å². The highest BCUT2D eigenvalue weighted by Gasteiger charge is 2.08. The van der Waals surface area contributed by atoms with E-state index in [1.807, 2.05) is 0 Å². The van der Waals surface area contributed by atoms with Crippen molar-refractivity contribution in [3.63, 3.8) is 0 Å². The molecule has 1 aromatic heterocycles. The maximum Gasteiger partial charge on any atom is 0.169 e. The van der Waals surface area contributed by atoms with Gasteiger partial charge in [-0.2, -0.15) is 0 Å². The van der Waals surface area contributed by atoms with E-state index in [4.69, 9.17) is 9.47 Å². The summed E-state index contributed by atoms with van der Waals surface area (Å²) in [6, 6.07) is 4.68. The molecule has 0 saturated heterocycles. The van der Waals surface area contributed by atoms with E-state index < -0.39 is 0 Å². The highest BCUT2D eigenvalue weighted by Crippen LogP contribution is 2.10. The predicted octanol–water partition coefficient (Wildman–Crippen LogP) is 1.89. The summed E-state index contributed by atoms with van der Waals surface area (Å²) in [4.78, 5) is 1.40. The van der Waals surface area contributed by atoms with Crippen LogP contribution in [0.4, 0.5) is 0 Å². The van der Waals surface area contributed by atoms with Gasteiger partial charge in [-0.15, -0.1) is 11.3 Å². The lowest BCUT2D eigenvalue weighted by atomic mass is 10.2. The number of methoxy groups -OCH3 is 2. The third-order valence-electron chi connectivity index (χ3n) is 2.25. The zero-order chi connectivity index (χ0) is 11.1. The lowest BCUT2D eigenvalue weighted by Gasteiger charge is -2.18. The van der Waals surface area contributed by atoms with E-state index in [2.05, 4.69) is 29.8 Å². The largest absolute Gasteiger partial charge is 0.355 e. The number of thiophene rings is 1. The summed E-state index contributed by atoms with van der Waals surface area (Å²) >= 11 is 1.79. The van der Waals surface area contributed by atoms with Crippen LogP contribution < -0.4 is 5.32 Å². The number of hydrogen-bond donors (Lipinski definition) is 1. The summed E-state index contributed by atoms with van der Waals surface area (Å²) in [5, 5.41) is 5.49. The molecule has 0 aromatic carbocycles. The van der Waals surface area contributed by atoms with Crippen LogP contribution in [0.15, 0.2) is 17.5 Å². The quantitative estimate of drug-likeness (QED) is 0.724. The number of rotatable bonds is 7. The van der Waals surface area contributed by atoms with Gasteiger partial charge in [-0.25, -0.2) is 0 Å². The van der Waals surface area contributed by atoms with E-state index in [9.17, 15) is 0 Å². The number of ether oxygens (including phenoxy) is 2. The first-order valence-electron chi connectivity index (χ1n) is 5.07. The van der Waals surface area contributed by atoms with Crippen molar-refractivity contribution in [3.8, 4) is 0 Å². The van der Waals surface area contributed by atoms with Crippen LogP contribution >= 0.6 is 11.3 Å². The SMILES string of the molecule is COC(CNC(C)Cc1cccs1)OC. The Hall–Kier alpha value is -0.420. The first kappa shape index (κ1) is 12.6. The standard InChI is InChI=1S/C11H19NO2S/c1-9(7-10-5-4-6-15-10)12-8-11(13-2)14-3/h4-6,9,11-12H,7-8H2,1-3H3. The Bertz CT molecular complexity index is 247. The minimum atomic E-state index is -0.157. The lowest BCUT2D eigenvalue weighted by Crippen LogP contribution is -2.36. The Morgan fingerprint density at radius 1 is 1.40 bits per heavy atom. The maximum atomic E-state index is 5.10. The van der Waals surface area contributed by atoms with Gasteiger partial charge < -0.3 is 14.8 Å². The van der Waals surface area contributed by atoms with Gasteiger partial charge in [0.1, 0.15) is 0 Å². The fourth-order valence-corrected chi connectivity index (χ4v) is 2.20. The Labute approximate surface area is 95.4 Å². The average Bonchev–Trinajstić information content (AvgIpc) is 2.72. The van der Waals surface area contributed by atoms with Gasteiger partial charge >= 0.3 is 0 Å². The minimum absolute atomic E-state index is 0.157. The molecule has 4 heteroatoms. The molecular formula is C11H19NO2S. The van der Waals surface area contributed by atoms with Crippen LogP contribution in [0.1, 0.15) is 11.8 Å². The van der Waals surface area contributed by atoms with E-state index >= 15 is 0 Å². The molecule has 0 fully saturated rings. The number of nitrogens with one attached hydrogen (secondary N) is 1. The van der Waals surface area contributed by atoms with Crippen LogP contribution in [0.5, 0.6) is 0 Å². The van der Waals surface area contributed by atoms with Crippen molar-refractivity contribution < 1.29 is 9.47 Å². The maximum absolute atomic E-state index is 5.10. The van der Waals surface area contributed by atoms with Gasteiger partial charge in [0.15, 0.2) is 6.29 Å². The van der Waals surface area contributed by atoms with E-state index in [0.717, 1.165) is 13.0 Å². The molecule has 0 amide bonds. The van der Waals surface area contributed by atoms with Gasteiger partial charge in [0.05, 0.1) is 0 Å². The fourth-order valence-electron chi connectivity index (χ4n) is 1.36. The number of hydrogen-bond acceptors (Lipinski definition) is 4. The van der Waals surface area contributed by atoms with E-state index in [0.29, 0.717) is 6.04 Å². The third kappa shape index (κ3) is 4.75. The topological polar surface area (TPSA) is 30.5 Å². The second kappa shape index (κ2) is 6.95. The van der Waals surface area contributed by atoms with Gasteiger partial charge in [-0.3, -0.25) is 0 Å². The molecule has 0 spiro atoms. The van der Waals surface area contributed by atoms with Crippen LogP contribution in [0.25, 0.3) is 0 Å². The van der Waals surface area contributed by atoms with Crippen molar-refractivity contribution in [2.45, 2.75) is 25.7 Å². The third-order valence-corrected chi connectivity index (χ3v) is 3.14. The smallest absolute Gasteiger partial charge is 0.169 e. The zero-order valence-corrected chi connectivity index (χ0v) is 10.3. The summed E-state index contributed by atoms with van der Waals surface area (Å²) in [5.41, 5.74) is 0. The minimum Gasteiger partial charge on any atom is -0.355 e. The molecule has 0 aliphatic rings. The van der Waals surface area contributed by atoms with Crippen LogP contribution in [-0.2, 0) is 15.9 Å². The molecule has 1 heterocycles. The molecule has 0 bridgehead atoms. The molecule has 1 aromatic rings. The molecule has 1 N–H and O–H groups in total. The Kier molecular flexibility index (Phi) is 5.86. The lowest BCUT2D eigenvalue weighted by molar-refractivity contribution is -0.0996. The van der Waals surface area contributed by atoms with Crippen molar-refractivity contribution in [2.24, 2.45) is 0 Å². The fraction of sp³-hybridized carbons (Fsp3) is 0.636. The van der Waals surface area contributed by atoms with Gasteiger partial charge in [-0.05, 0) is 24.8 Å². The first-order valence-corrected chi connectivity index (χ1v) is 5.95. The average molecular weight is 229 g/mol. The summed E-state index contributed by atoms with van der Waals surface area (Å²) < 4.78 is 10.2. The highest BCUT2D eigenvalue weighted by molar-refractivity contribution is 7.09.